The van der Waals surface area contributed by atoms with Crippen LogP contribution in [0.4, 0.5) is 0 Å². The van der Waals surface area contributed by atoms with Crippen molar-refractivity contribution in [3.63, 3.8) is 0 Å². The molecule has 0 bridgehead atoms. The Hall–Kier alpha value is -2.78. The van der Waals surface area contributed by atoms with Gasteiger partial charge in [0.15, 0.2) is 0 Å². The zero-order valence-electron chi connectivity index (χ0n) is 12.8. The van der Waals surface area contributed by atoms with E-state index in [1.807, 2.05) is 42.5 Å². The molecule has 0 unspecified atom stereocenters. The largest absolute Gasteiger partial charge is 0.457 e. The lowest BCUT2D eigenvalue weighted by Gasteiger charge is -2.08. The average molecular weight is 339 g/mol. The molecule has 0 aromatic heterocycles. The molecule has 3 nitrogen and oxygen atoms in total. The summed E-state index contributed by atoms with van der Waals surface area (Å²) in [6, 6.07) is 23.5. The van der Waals surface area contributed by atoms with E-state index in [0.717, 1.165) is 5.56 Å². The highest BCUT2D eigenvalue weighted by molar-refractivity contribution is 6.30. The number of carbonyl (C=O) groups excluding carboxylic acids is 1. The van der Waals surface area contributed by atoms with Crippen LogP contribution in [0.25, 0.3) is 0 Å². The molecule has 0 atom stereocenters. The van der Waals surface area contributed by atoms with Crippen LogP contribution in [0, 0.1) is 0 Å². The maximum Gasteiger partial charge on any atom is 0.338 e. The summed E-state index contributed by atoms with van der Waals surface area (Å²) < 4.78 is 11.0. The minimum Gasteiger partial charge on any atom is -0.457 e. The molecule has 0 saturated carbocycles. The average Bonchev–Trinajstić information content (AvgIpc) is 2.61. The van der Waals surface area contributed by atoms with Crippen molar-refractivity contribution in [2.45, 2.75) is 6.61 Å². The van der Waals surface area contributed by atoms with Crippen molar-refractivity contribution in [2.75, 3.05) is 0 Å². The Morgan fingerprint density at radius 2 is 1.58 bits per heavy atom. The molecule has 0 aliphatic carbocycles. The Bertz CT molecular complexity index is 831. The van der Waals surface area contributed by atoms with Gasteiger partial charge in [-0.25, -0.2) is 4.79 Å². The maximum atomic E-state index is 12.2. The molecule has 3 aromatic carbocycles. The Labute approximate surface area is 145 Å². The number of rotatable bonds is 5. The van der Waals surface area contributed by atoms with Crippen molar-refractivity contribution < 1.29 is 14.3 Å². The normalized spacial score (nSPS) is 10.2. The summed E-state index contributed by atoms with van der Waals surface area (Å²) in [5, 5.41) is 0.613. The summed E-state index contributed by atoms with van der Waals surface area (Å²) in [7, 11) is 0. The van der Waals surface area contributed by atoms with Crippen molar-refractivity contribution in [3.05, 3.63) is 95.0 Å². The zero-order valence-corrected chi connectivity index (χ0v) is 13.6. The van der Waals surface area contributed by atoms with Gasteiger partial charge in [-0.05, 0) is 48.0 Å². The van der Waals surface area contributed by atoms with E-state index in [1.54, 1.807) is 36.4 Å². The Kier molecular flexibility index (Phi) is 5.14. The lowest BCUT2D eigenvalue weighted by Crippen LogP contribution is -2.05. The predicted octanol–water partition coefficient (Wildman–Crippen LogP) is 5.49. The van der Waals surface area contributed by atoms with E-state index in [1.165, 1.54) is 0 Å². The van der Waals surface area contributed by atoms with Crippen LogP contribution in [0.15, 0.2) is 78.9 Å². The number of halogens is 1. The molecule has 3 rings (SSSR count). The molecule has 4 heteroatoms. The summed E-state index contributed by atoms with van der Waals surface area (Å²) >= 11 is 5.92. The summed E-state index contributed by atoms with van der Waals surface area (Å²) in [5.41, 5.74) is 1.28. The zero-order chi connectivity index (χ0) is 16.8. The topological polar surface area (TPSA) is 35.5 Å². The van der Waals surface area contributed by atoms with Gasteiger partial charge in [0.1, 0.15) is 18.1 Å². The minimum absolute atomic E-state index is 0.170. The highest BCUT2D eigenvalue weighted by atomic mass is 35.5. The van der Waals surface area contributed by atoms with Gasteiger partial charge in [0.25, 0.3) is 0 Å². The van der Waals surface area contributed by atoms with Crippen LogP contribution >= 0.6 is 11.6 Å². The van der Waals surface area contributed by atoms with Crippen molar-refractivity contribution in [3.8, 4) is 11.5 Å². The molecule has 0 fully saturated rings. The smallest absolute Gasteiger partial charge is 0.338 e. The standard InChI is InChI=1S/C20H15ClO3/c21-17-8-4-6-15(12-17)14-23-20(22)16-7-5-11-19(13-16)24-18-9-2-1-3-10-18/h1-13H,14H2. The Morgan fingerprint density at radius 3 is 2.38 bits per heavy atom. The number of para-hydroxylation sites is 1. The van der Waals surface area contributed by atoms with E-state index in [2.05, 4.69) is 0 Å². The first-order valence-corrected chi connectivity index (χ1v) is 7.83. The molecule has 0 amide bonds. The van der Waals surface area contributed by atoms with E-state index in [0.29, 0.717) is 22.1 Å². The number of carbonyl (C=O) groups is 1. The van der Waals surface area contributed by atoms with Crippen molar-refractivity contribution in [1.82, 2.24) is 0 Å². The molecular formula is C20H15ClO3. The lowest BCUT2D eigenvalue weighted by molar-refractivity contribution is 0.0472. The second-order valence-corrected chi connectivity index (χ2v) is 5.59. The number of benzene rings is 3. The van der Waals surface area contributed by atoms with E-state index in [-0.39, 0.29) is 6.61 Å². The Balaban J connectivity index is 1.66. The maximum absolute atomic E-state index is 12.2. The van der Waals surface area contributed by atoms with Gasteiger partial charge in [0, 0.05) is 5.02 Å². The van der Waals surface area contributed by atoms with Crippen LogP contribution in [0.1, 0.15) is 15.9 Å². The van der Waals surface area contributed by atoms with E-state index in [9.17, 15) is 4.79 Å². The summed E-state index contributed by atoms with van der Waals surface area (Å²) in [6.45, 7) is 0.170. The van der Waals surface area contributed by atoms with Gasteiger partial charge >= 0.3 is 5.97 Å². The van der Waals surface area contributed by atoms with Crippen molar-refractivity contribution in [2.24, 2.45) is 0 Å². The van der Waals surface area contributed by atoms with Crippen molar-refractivity contribution in [1.29, 1.82) is 0 Å². The van der Waals surface area contributed by atoms with Gasteiger partial charge in [-0.15, -0.1) is 0 Å². The van der Waals surface area contributed by atoms with Gasteiger partial charge < -0.3 is 9.47 Å². The molecule has 3 aromatic rings. The highest BCUT2D eigenvalue weighted by Gasteiger charge is 2.09. The van der Waals surface area contributed by atoms with Crippen LogP contribution in [0.2, 0.25) is 5.02 Å². The molecule has 0 aliphatic heterocycles. The third-order valence-corrected chi connectivity index (χ3v) is 3.54. The second kappa shape index (κ2) is 7.66. The molecule has 0 radical (unpaired) electrons. The fraction of sp³-hybridized carbons (Fsp3) is 0.0500. The molecular weight excluding hydrogens is 324 g/mol. The quantitative estimate of drug-likeness (QED) is 0.577. The molecule has 0 heterocycles. The summed E-state index contributed by atoms with van der Waals surface area (Å²) in [6.07, 6.45) is 0. The number of ether oxygens (including phenoxy) is 2. The van der Waals surface area contributed by atoms with Crippen LogP contribution in [0.5, 0.6) is 11.5 Å². The van der Waals surface area contributed by atoms with Gasteiger partial charge in [0.05, 0.1) is 5.56 Å². The van der Waals surface area contributed by atoms with Crippen LogP contribution < -0.4 is 4.74 Å². The second-order valence-electron chi connectivity index (χ2n) is 5.15. The van der Waals surface area contributed by atoms with Crippen molar-refractivity contribution >= 4 is 17.6 Å². The number of hydrogen-bond donors (Lipinski definition) is 0. The monoisotopic (exact) mass is 338 g/mol. The molecule has 0 spiro atoms. The van der Waals surface area contributed by atoms with Crippen LogP contribution in [-0.4, -0.2) is 5.97 Å². The molecule has 0 saturated heterocycles. The molecule has 120 valence electrons. The third kappa shape index (κ3) is 4.37. The summed E-state index contributed by atoms with van der Waals surface area (Å²) in [4.78, 5) is 12.2. The van der Waals surface area contributed by atoms with Gasteiger partial charge in [0.2, 0.25) is 0 Å². The molecule has 0 N–H and O–H groups in total. The SMILES string of the molecule is O=C(OCc1cccc(Cl)c1)c1cccc(Oc2ccccc2)c1. The van der Waals surface area contributed by atoms with Crippen LogP contribution in [-0.2, 0) is 11.3 Å². The predicted molar refractivity (Wildman–Crippen MR) is 93.5 cm³/mol. The van der Waals surface area contributed by atoms with E-state index in [4.69, 9.17) is 21.1 Å². The van der Waals surface area contributed by atoms with E-state index >= 15 is 0 Å². The lowest BCUT2D eigenvalue weighted by atomic mass is 10.2. The number of hydrogen-bond acceptors (Lipinski definition) is 3. The highest BCUT2D eigenvalue weighted by Crippen LogP contribution is 2.22. The first kappa shape index (κ1) is 16.1. The first-order chi connectivity index (χ1) is 11.7. The minimum atomic E-state index is -0.409. The van der Waals surface area contributed by atoms with E-state index < -0.39 is 5.97 Å². The fourth-order valence-electron chi connectivity index (χ4n) is 2.17. The van der Waals surface area contributed by atoms with Gasteiger partial charge in [-0.1, -0.05) is 48.0 Å². The summed E-state index contributed by atoms with van der Waals surface area (Å²) in [5.74, 6) is 0.883. The number of esters is 1. The van der Waals surface area contributed by atoms with Crippen LogP contribution in [0.3, 0.4) is 0 Å². The Morgan fingerprint density at radius 1 is 0.833 bits per heavy atom. The first-order valence-electron chi connectivity index (χ1n) is 7.45. The molecule has 0 aliphatic rings. The fourth-order valence-corrected chi connectivity index (χ4v) is 2.38. The third-order valence-electron chi connectivity index (χ3n) is 3.31. The molecule has 24 heavy (non-hydrogen) atoms. The van der Waals surface area contributed by atoms with Gasteiger partial charge in [-0.2, -0.15) is 0 Å². The van der Waals surface area contributed by atoms with Gasteiger partial charge in [-0.3, -0.25) is 0 Å².